The van der Waals surface area contributed by atoms with Gasteiger partial charge < -0.3 is 20.1 Å². The summed E-state index contributed by atoms with van der Waals surface area (Å²) in [5.41, 5.74) is 2.41. The van der Waals surface area contributed by atoms with Gasteiger partial charge in [-0.1, -0.05) is 18.5 Å². The van der Waals surface area contributed by atoms with Crippen LogP contribution in [0.15, 0.2) is 60.9 Å². The van der Waals surface area contributed by atoms with Crippen molar-refractivity contribution in [2.75, 3.05) is 5.32 Å². The Labute approximate surface area is 198 Å². The highest BCUT2D eigenvalue weighted by Gasteiger charge is 2.23. The number of imidazole rings is 1. The number of carbonyl (C=O) groups is 3. The first-order valence-electron chi connectivity index (χ1n) is 10.3. The van der Waals surface area contributed by atoms with E-state index in [9.17, 15) is 14.4 Å². The summed E-state index contributed by atoms with van der Waals surface area (Å²) in [7, 11) is 0. The Morgan fingerprint density at radius 1 is 1.15 bits per heavy atom. The normalized spacial score (nSPS) is 11.7. The molecule has 0 fully saturated rings. The summed E-state index contributed by atoms with van der Waals surface area (Å²) < 4.78 is 5.42. The SMILES string of the molecule is CCC(OC(=O)c1ccc2nc(-c3cccnc3)[nH]c2c1)C(=O)Nc1cc(C(=O)O)ccc1Cl. The number of aromatic nitrogens is 3. The van der Waals surface area contributed by atoms with Gasteiger partial charge in [0.15, 0.2) is 6.10 Å². The summed E-state index contributed by atoms with van der Waals surface area (Å²) in [6.45, 7) is 1.69. The first-order chi connectivity index (χ1) is 16.4. The van der Waals surface area contributed by atoms with Crippen LogP contribution in [0.25, 0.3) is 22.4 Å². The van der Waals surface area contributed by atoms with Gasteiger partial charge in [-0.3, -0.25) is 9.78 Å². The number of aromatic amines is 1. The second-order valence-electron chi connectivity index (χ2n) is 7.35. The Bertz CT molecular complexity index is 1390. The number of hydrogen-bond acceptors (Lipinski definition) is 6. The second kappa shape index (κ2) is 9.72. The van der Waals surface area contributed by atoms with Gasteiger partial charge in [-0.15, -0.1) is 0 Å². The van der Waals surface area contributed by atoms with Crippen molar-refractivity contribution in [3.8, 4) is 11.4 Å². The molecule has 0 aliphatic rings. The molecule has 0 aliphatic carbocycles. The number of benzene rings is 2. The molecule has 9 nitrogen and oxygen atoms in total. The molecule has 2 heterocycles. The van der Waals surface area contributed by atoms with E-state index in [4.69, 9.17) is 21.4 Å². The number of pyridine rings is 1. The number of halogens is 1. The predicted octanol–water partition coefficient (Wildman–Crippen LogP) is 4.55. The van der Waals surface area contributed by atoms with Crippen LogP contribution < -0.4 is 5.32 Å². The highest BCUT2D eigenvalue weighted by Crippen LogP contribution is 2.24. The fourth-order valence-corrected chi connectivity index (χ4v) is 3.43. The third kappa shape index (κ3) is 4.89. The number of carboxylic acid groups (broad SMARTS) is 1. The van der Waals surface area contributed by atoms with Crippen molar-refractivity contribution < 1.29 is 24.2 Å². The lowest BCUT2D eigenvalue weighted by Gasteiger charge is -2.17. The number of H-pyrrole nitrogens is 1. The molecule has 2 aromatic heterocycles. The lowest BCUT2D eigenvalue weighted by atomic mass is 10.1. The van der Waals surface area contributed by atoms with E-state index >= 15 is 0 Å². The topological polar surface area (TPSA) is 134 Å². The molecule has 10 heteroatoms. The number of esters is 1. The van der Waals surface area contributed by atoms with Crippen molar-refractivity contribution in [1.82, 2.24) is 15.0 Å². The van der Waals surface area contributed by atoms with E-state index in [-0.39, 0.29) is 28.3 Å². The van der Waals surface area contributed by atoms with Crippen molar-refractivity contribution in [2.24, 2.45) is 0 Å². The quantitative estimate of drug-likeness (QED) is 0.331. The largest absolute Gasteiger partial charge is 0.478 e. The van der Waals surface area contributed by atoms with Crippen molar-refractivity contribution >= 4 is 46.2 Å². The van der Waals surface area contributed by atoms with Crippen LogP contribution >= 0.6 is 11.6 Å². The van der Waals surface area contributed by atoms with Crippen LogP contribution in [-0.4, -0.2) is 44.0 Å². The molecule has 0 saturated carbocycles. The average Bonchev–Trinajstić information content (AvgIpc) is 3.27. The molecule has 2 aromatic carbocycles. The number of anilines is 1. The van der Waals surface area contributed by atoms with E-state index < -0.39 is 23.9 Å². The molecule has 4 rings (SSSR count). The van der Waals surface area contributed by atoms with Gasteiger partial charge in [-0.2, -0.15) is 0 Å². The van der Waals surface area contributed by atoms with Gasteiger partial charge in [0, 0.05) is 18.0 Å². The van der Waals surface area contributed by atoms with Crippen molar-refractivity contribution in [2.45, 2.75) is 19.4 Å². The zero-order chi connectivity index (χ0) is 24.2. The maximum absolute atomic E-state index is 12.8. The first kappa shape index (κ1) is 22.9. The minimum absolute atomic E-state index is 0.0387. The van der Waals surface area contributed by atoms with Crippen LogP contribution in [0.5, 0.6) is 0 Å². The number of carbonyl (C=O) groups excluding carboxylic acids is 2. The summed E-state index contributed by atoms with van der Waals surface area (Å²) in [6.07, 6.45) is 2.43. The van der Waals surface area contributed by atoms with Crippen LogP contribution in [0.1, 0.15) is 34.1 Å². The van der Waals surface area contributed by atoms with Crippen LogP contribution in [0.4, 0.5) is 5.69 Å². The summed E-state index contributed by atoms with van der Waals surface area (Å²) >= 11 is 6.07. The fourth-order valence-electron chi connectivity index (χ4n) is 3.26. The smallest absolute Gasteiger partial charge is 0.338 e. The van der Waals surface area contributed by atoms with Gasteiger partial charge in [0.1, 0.15) is 5.82 Å². The Hall–Kier alpha value is -4.24. The van der Waals surface area contributed by atoms with E-state index in [0.29, 0.717) is 16.9 Å². The zero-order valence-corrected chi connectivity index (χ0v) is 18.7. The van der Waals surface area contributed by atoms with Crippen LogP contribution in [0, 0.1) is 0 Å². The molecular formula is C24H19ClN4O5. The number of ether oxygens (including phenoxy) is 1. The van der Waals surface area contributed by atoms with Crippen LogP contribution in [0.2, 0.25) is 5.02 Å². The summed E-state index contributed by atoms with van der Waals surface area (Å²) in [4.78, 5) is 48.4. The number of fused-ring (bicyclic) bond motifs is 1. The number of carboxylic acids is 1. The van der Waals surface area contributed by atoms with Crippen molar-refractivity contribution in [3.05, 3.63) is 77.1 Å². The Balaban J connectivity index is 1.50. The zero-order valence-electron chi connectivity index (χ0n) is 17.9. The van der Waals surface area contributed by atoms with E-state index in [2.05, 4.69) is 20.3 Å². The van der Waals surface area contributed by atoms with E-state index in [1.165, 1.54) is 18.2 Å². The van der Waals surface area contributed by atoms with Crippen molar-refractivity contribution in [1.29, 1.82) is 0 Å². The number of hydrogen-bond donors (Lipinski definition) is 3. The monoisotopic (exact) mass is 478 g/mol. The predicted molar refractivity (Wildman–Crippen MR) is 126 cm³/mol. The van der Waals surface area contributed by atoms with Crippen LogP contribution in [-0.2, 0) is 9.53 Å². The summed E-state index contributed by atoms with van der Waals surface area (Å²) in [5.74, 6) is -1.86. The molecule has 0 radical (unpaired) electrons. The van der Waals surface area contributed by atoms with Crippen molar-refractivity contribution in [3.63, 3.8) is 0 Å². The molecule has 0 bridgehead atoms. The van der Waals surface area contributed by atoms with Gasteiger partial charge in [-0.05, 0) is 55.0 Å². The molecule has 0 aliphatic heterocycles. The Morgan fingerprint density at radius 3 is 2.65 bits per heavy atom. The van der Waals surface area contributed by atoms with E-state index in [0.717, 1.165) is 5.56 Å². The third-order valence-corrected chi connectivity index (χ3v) is 5.37. The number of amides is 1. The number of nitrogens with one attached hydrogen (secondary N) is 2. The van der Waals surface area contributed by atoms with E-state index in [1.54, 1.807) is 43.6 Å². The molecule has 0 spiro atoms. The molecule has 1 unspecified atom stereocenters. The summed E-state index contributed by atoms with van der Waals surface area (Å²) in [6, 6.07) is 12.4. The highest BCUT2D eigenvalue weighted by atomic mass is 35.5. The van der Waals surface area contributed by atoms with Gasteiger partial charge in [0.25, 0.3) is 5.91 Å². The fraction of sp³-hybridized carbons (Fsp3) is 0.125. The minimum Gasteiger partial charge on any atom is -0.478 e. The second-order valence-corrected chi connectivity index (χ2v) is 7.76. The maximum Gasteiger partial charge on any atom is 0.338 e. The lowest BCUT2D eigenvalue weighted by molar-refractivity contribution is -0.124. The molecule has 172 valence electrons. The molecule has 4 aromatic rings. The molecular weight excluding hydrogens is 460 g/mol. The summed E-state index contributed by atoms with van der Waals surface area (Å²) in [5, 5.41) is 11.8. The number of nitrogens with zero attached hydrogens (tertiary/aromatic N) is 2. The number of rotatable bonds is 7. The van der Waals surface area contributed by atoms with Gasteiger partial charge in [0.2, 0.25) is 0 Å². The van der Waals surface area contributed by atoms with E-state index in [1.807, 2.05) is 6.07 Å². The minimum atomic E-state index is -1.16. The third-order valence-electron chi connectivity index (χ3n) is 5.04. The van der Waals surface area contributed by atoms with Gasteiger partial charge in [-0.25, -0.2) is 14.6 Å². The lowest BCUT2D eigenvalue weighted by Crippen LogP contribution is -2.32. The standard InChI is InChI=1S/C24H19ClN4O5/c1-2-20(22(30)29-18-10-13(23(31)32)5-7-16(18)25)34-24(33)14-6-8-17-19(11-14)28-21(27-17)15-4-3-9-26-12-15/h3-12,20H,2H2,1H3,(H,27,28)(H,29,30)(H,31,32). The molecule has 0 saturated heterocycles. The molecule has 3 N–H and O–H groups in total. The first-order valence-corrected chi connectivity index (χ1v) is 10.7. The molecule has 1 atom stereocenters. The highest BCUT2D eigenvalue weighted by molar-refractivity contribution is 6.34. The Morgan fingerprint density at radius 2 is 1.94 bits per heavy atom. The maximum atomic E-state index is 12.8. The Kier molecular flexibility index (Phi) is 6.55. The molecule has 1 amide bonds. The average molecular weight is 479 g/mol. The van der Waals surface area contributed by atoms with Gasteiger partial charge in [0.05, 0.1) is 32.9 Å². The van der Waals surface area contributed by atoms with Crippen LogP contribution in [0.3, 0.4) is 0 Å². The number of aromatic carboxylic acids is 1. The molecule has 34 heavy (non-hydrogen) atoms. The van der Waals surface area contributed by atoms with Gasteiger partial charge >= 0.3 is 11.9 Å².